The molecule has 0 heterocycles. The average molecular weight is 264 g/mol. The molecule has 0 unspecified atom stereocenters. The van der Waals surface area contributed by atoms with Crippen molar-refractivity contribution >= 4 is 11.5 Å². The van der Waals surface area contributed by atoms with Crippen LogP contribution in [0.1, 0.15) is 34.3 Å². The van der Waals surface area contributed by atoms with Crippen LogP contribution in [0.4, 0.5) is 0 Å². The summed E-state index contributed by atoms with van der Waals surface area (Å²) < 4.78 is 0. The van der Waals surface area contributed by atoms with E-state index in [-0.39, 0.29) is 0 Å². The van der Waals surface area contributed by atoms with Crippen molar-refractivity contribution in [3.05, 3.63) is 76.9 Å². The topological polar surface area (TPSA) is 37.3 Å². The van der Waals surface area contributed by atoms with E-state index in [1.807, 2.05) is 12.1 Å². The summed E-state index contributed by atoms with van der Waals surface area (Å²) in [6.07, 6.45) is 11.2. The lowest BCUT2D eigenvalue weighted by Gasteiger charge is -2.24. The summed E-state index contributed by atoms with van der Waals surface area (Å²) in [5.74, 6) is -0.867. The van der Waals surface area contributed by atoms with Gasteiger partial charge >= 0.3 is 5.97 Å². The summed E-state index contributed by atoms with van der Waals surface area (Å²) in [7, 11) is 0. The first-order valence-electron chi connectivity index (χ1n) is 6.75. The third-order valence-electron chi connectivity index (χ3n) is 3.87. The molecule has 100 valence electrons. The first-order chi connectivity index (χ1) is 9.69. The molecule has 0 amide bonds. The molecule has 0 spiro atoms. The van der Waals surface area contributed by atoms with E-state index in [0.29, 0.717) is 5.56 Å². The maximum atomic E-state index is 11.0. The Morgan fingerprint density at radius 2 is 2.20 bits per heavy atom. The van der Waals surface area contributed by atoms with Gasteiger partial charge < -0.3 is 5.11 Å². The molecule has 2 heteroatoms. The molecule has 0 atom stereocenters. The average Bonchev–Trinajstić information content (AvgIpc) is 2.46. The molecule has 2 nitrogen and oxygen atoms in total. The zero-order chi connectivity index (χ0) is 14.1. The van der Waals surface area contributed by atoms with Gasteiger partial charge in [0.25, 0.3) is 0 Å². The fourth-order valence-electron chi connectivity index (χ4n) is 2.87. The van der Waals surface area contributed by atoms with Crippen LogP contribution in [0.3, 0.4) is 0 Å². The summed E-state index contributed by atoms with van der Waals surface area (Å²) in [5, 5.41) is 9.06. The van der Waals surface area contributed by atoms with E-state index in [2.05, 4.69) is 24.8 Å². The second-order valence-corrected chi connectivity index (χ2v) is 5.19. The molecule has 0 aliphatic heterocycles. The lowest BCUT2D eigenvalue weighted by atomic mass is 9.80. The number of allylic oxidation sites excluding steroid dienone is 7. The molecule has 0 bridgehead atoms. The second-order valence-electron chi connectivity index (χ2n) is 5.19. The summed E-state index contributed by atoms with van der Waals surface area (Å²) in [5.41, 5.74) is 6.58. The quantitative estimate of drug-likeness (QED) is 0.832. The number of benzene rings is 1. The Morgan fingerprint density at radius 1 is 1.35 bits per heavy atom. The van der Waals surface area contributed by atoms with Crippen LogP contribution in [0.15, 0.2) is 60.2 Å². The molecule has 0 saturated heterocycles. The Labute approximate surface area is 118 Å². The SMILES string of the molecule is C=CCC1=CC=C2C(=CCc3cc(C(=O)O)ccc32)C1. The Bertz CT molecular complexity index is 687. The lowest BCUT2D eigenvalue weighted by molar-refractivity contribution is 0.0697. The van der Waals surface area contributed by atoms with Crippen molar-refractivity contribution in [2.24, 2.45) is 0 Å². The Balaban J connectivity index is 2.02. The monoisotopic (exact) mass is 264 g/mol. The number of carboxylic acid groups (broad SMARTS) is 1. The van der Waals surface area contributed by atoms with E-state index < -0.39 is 5.97 Å². The van der Waals surface area contributed by atoms with Gasteiger partial charge in [-0.15, -0.1) is 6.58 Å². The van der Waals surface area contributed by atoms with E-state index in [4.69, 9.17) is 5.11 Å². The summed E-state index contributed by atoms with van der Waals surface area (Å²) in [4.78, 5) is 11.0. The highest BCUT2D eigenvalue weighted by Gasteiger charge is 2.20. The molecule has 3 rings (SSSR count). The number of hydrogen-bond acceptors (Lipinski definition) is 1. The molecular weight excluding hydrogens is 248 g/mol. The minimum Gasteiger partial charge on any atom is -0.478 e. The van der Waals surface area contributed by atoms with Crippen molar-refractivity contribution in [1.29, 1.82) is 0 Å². The van der Waals surface area contributed by atoms with Crippen molar-refractivity contribution in [2.45, 2.75) is 19.3 Å². The van der Waals surface area contributed by atoms with Crippen LogP contribution in [-0.2, 0) is 6.42 Å². The van der Waals surface area contributed by atoms with Gasteiger partial charge in [0.1, 0.15) is 0 Å². The fraction of sp³-hybridized carbons (Fsp3) is 0.167. The van der Waals surface area contributed by atoms with Crippen LogP contribution in [-0.4, -0.2) is 11.1 Å². The molecule has 0 radical (unpaired) electrons. The van der Waals surface area contributed by atoms with Crippen molar-refractivity contribution in [1.82, 2.24) is 0 Å². The van der Waals surface area contributed by atoms with Gasteiger partial charge in [-0.2, -0.15) is 0 Å². The lowest BCUT2D eigenvalue weighted by Crippen LogP contribution is -2.08. The molecule has 2 aliphatic carbocycles. The van der Waals surface area contributed by atoms with Crippen LogP contribution in [0.5, 0.6) is 0 Å². The van der Waals surface area contributed by atoms with Gasteiger partial charge in [-0.25, -0.2) is 4.79 Å². The van der Waals surface area contributed by atoms with Gasteiger partial charge in [-0.05, 0) is 53.7 Å². The smallest absolute Gasteiger partial charge is 0.335 e. The Hall–Kier alpha value is -2.35. The highest BCUT2D eigenvalue weighted by molar-refractivity contribution is 5.91. The summed E-state index contributed by atoms with van der Waals surface area (Å²) in [6.45, 7) is 3.78. The number of rotatable bonds is 3. The van der Waals surface area contributed by atoms with Crippen molar-refractivity contribution < 1.29 is 9.90 Å². The fourth-order valence-corrected chi connectivity index (χ4v) is 2.87. The Kier molecular flexibility index (Phi) is 3.15. The van der Waals surface area contributed by atoms with Gasteiger partial charge in [-0.1, -0.05) is 35.9 Å². The third kappa shape index (κ3) is 2.14. The number of fused-ring (bicyclic) bond motifs is 3. The molecule has 1 aromatic carbocycles. The minimum atomic E-state index is -0.867. The maximum absolute atomic E-state index is 11.0. The highest BCUT2D eigenvalue weighted by Crippen LogP contribution is 2.38. The number of aromatic carboxylic acids is 1. The van der Waals surface area contributed by atoms with Gasteiger partial charge in [-0.3, -0.25) is 0 Å². The van der Waals surface area contributed by atoms with E-state index in [0.717, 1.165) is 24.8 Å². The van der Waals surface area contributed by atoms with Crippen molar-refractivity contribution in [3.63, 3.8) is 0 Å². The first kappa shape index (κ1) is 12.7. The van der Waals surface area contributed by atoms with Gasteiger partial charge in [0.05, 0.1) is 5.56 Å². The molecule has 0 saturated carbocycles. The second kappa shape index (κ2) is 4.97. The van der Waals surface area contributed by atoms with Crippen LogP contribution >= 0.6 is 0 Å². The molecular formula is C18H16O2. The normalized spacial score (nSPS) is 16.3. The number of carboxylic acids is 1. The van der Waals surface area contributed by atoms with E-state index in [1.165, 1.54) is 22.3 Å². The van der Waals surface area contributed by atoms with Crippen molar-refractivity contribution in [2.75, 3.05) is 0 Å². The standard InChI is InChI=1S/C18H16O2/c1-2-3-12-4-8-16-13(10-12)5-6-14-11-15(18(19)20)7-9-17(14)16/h2,4-5,7-9,11H,1,3,6,10H2,(H,19,20). The van der Waals surface area contributed by atoms with Gasteiger partial charge in [0.2, 0.25) is 0 Å². The predicted molar refractivity (Wildman–Crippen MR) is 80.7 cm³/mol. The van der Waals surface area contributed by atoms with Crippen LogP contribution in [0.25, 0.3) is 5.57 Å². The van der Waals surface area contributed by atoms with E-state index >= 15 is 0 Å². The van der Waals surface area contributed by atoms with Gasteiger partial charge in [0.15, 0.2) is 0 Å². The zero-order valence-corrected chi connectivity index (χ0v) is 11.2. The number of carbonyl (C=O) groups is 1. The van der Waals surface area contributed by atoms with E-state index in [1.54, 1.807) is 12.1 Å². The third-order valence-corrected chi connectivity index (χ3v) is 3.87. The largest absolute Gasteiger partial charge is 0.478 e. The molecule has 2 aliphatic rings. The molecule has 0 aromatic heterocycles. The molecule has 1 aromatic rings. The summed E-state index contributed by atoms with van der Waals surface area (Å²) in [6, 6.07) is 5.41. The first-order valence-corrected chi connectivity index (χ1v) is 6.75. The summed E-state index contributed by atoms with van der Waals surface area (Å²) >= 11 is 0. The highest BCUT2D eigenvalue weighted by atomic mass is 16.4. The van der Waals surface area contributed by atoms with Crippen molar-refractivity contribution in [3.8, 4) is 0 Å². The Morgan fingerprint density at radius 3 is 2.95 bits per heavy atom. The van der Waals surface area contributed by atoms with E-state index in [9.17, 15) is 4.79 Å². The molecule has 1 N–H and O–H groups in total. The maximum Gasteiger partial charge on any atom is 0.335 e. The zero-order valence-electron chi connectivity index (χ0n) is 11.2. The van der Waals surface area contributed by atoms with Crippen LogP contribution < -0.4 is 0 Å². The predicted octanol–water partition coefficient (Wildman–Crippen LogP) is 4.16. The minimum absolute atomic E-state index is 0.361. The molecule has 20 heavy (non-hydrogen) atoms. The van der Waals surface area contributed by atoms with Gasteiger partial charge in [0, 0.05) is 0 Å². The van der Waals surface area contributed by atoms with Crippen LogP contribution in [0.2, 0.25) is 0 Å². The van der Waals surface area contributed by atoms with Crippen LogP contribution in [0, 0.1) is 0 Å². The number of hydrogen-bond donors (Lipinski definition) is 1. The molecule has 0 fully saturated rings.